The van der Waals surface area contributed by atoms with Gasteiger partial charge in [0.2, 0.25) is 0 Å². The highest BCUT2D eigenvalue weighted by atomic mass is 35.5. The summed E-state index contributed by atoms with van der Waals surface area (Å²) >= 11 is 11.6. The number of rotatable bonds is 2. The van der Waals surface area contributed by atoms with Crippen LogP contribution in [0.5, 0.6) is 0 Å². The molecule has 1 aromatic heterocycles. The van der Waals surface area contributed by atoms with Crippen molar-refractivity contribution in [3.8, 4) is 6.07 Å². The largest absolute Gasteiger partial charge is 0.416 e. The van der Waals surface area contributed by atoms with Gasteiger partial charge in [0.05, 0.1) is 27.9 Å². The molecule has 0 spiro atoms. The minimum Gasteiger partial charge on any atom is -0.339 e. The smallest absolute Gasteiger partial charge is 0.339 e. The van der Waals surface area contributed by atoms with Crippen LogP contribution in [-0.4, -0.2) is 4.98 Å². The highest BCUT2D eigenvalue weighted by Crippen LogP contribution is 2.34. The Balaban J connectivity index is 2.40. The zero-order valence-electron chi connectivity index (χ0n) is 10.2. The Hall–Kier alpha value is -1.97. The maximum atomic E-state index is 12.7. The summed E-state index contributed by atoms with van der Waals surface area (Å²) in [6, 6.07) is 7.41. The minimum absolute atomic E-state index is 0.0187. The molecule has 0 bridgehead atoms. The predicted octanol–water partition coefficient (Wildman–Crippen LogP) is 5.02. The van der Waals surface area contributed by atoms with Crippen LogP contribution in [0.2, 0.25) is 10.2 Å². The predicted molar refractivity (Wildman–Crippen MR) is 73.7 cm³/mol. The van der Waals surface area contributed by atoms with E-state index in [2.05, 4.69) is 10.3 Å². The standard InChI is InChI=1S/C13H6Cl2F3N3/c14-9-2-1-8(13(16,17)18)5-10(9)20-12-4-7(6-19)3-11(15)21-12/h1-5H,(H,20,21). The quantitative estimate of drug-likeness (QED) is 0.786. The number of nitrogens with zero attached hydrogens (tertiary/aromatic N) is 2. The third kappa shape index (κ3) is 3.78. The van der Waals surface area contributed by atoms with Gasteiger partial charge in [0.1, 0.15) is 11.0 Å². The second-order valence-electron chi connectivity index (χ2n) is 3.99. The molecule has 0 aliphatic carbocycles. The monoisotopic (exact) mass is 331 g/mol. The van der Waals surface area contributed by atoms with Crippen LogP contribution < -0.4 is 5.32 Å². The van der Waals surface area contributed by atoms with Gasteiger partial charge in [-0.05, 0) is 30.3 Å². The maximum absolute atomic E-state index is 12.7. The fourth-order valence-corrected chi connectivity index (χ4v) is 1.93. The van der Waals surface area contributed by atoms with E-state index in [4.69, 9.17) is 28.5 Å². The summed E-state index contributed by atoms with van der Waals surface area (Å²) in [6.45, 7) is 0. The first-order chi connectivity index (χ1) is 9.79. The van der Waals surface area contributed by atoms with E-state index in [0.29, 0.717) is 0 Å². The lowest BCUT2D eigenvalue weighted by molar-refractivity contribution is -0.137. The van der Waals surface area contributed by atoms with Crippen LogP contribution >= 0.6 is 23.2 Å². The van der Waals surface area contributed by atoms with Crippen molar-refractivity contribution in [3.05, 3.63) is 51.6 Å². The highest BCUT2D eigenvalue weighted by molar-refractivity contribution is 6.33. The molecule has 0 amide bonds. The van der Waals surface area contributed by atoms with E-state index in [1.54, 1.807) is 0 Å². The molecule has 3 nitrogen and oxygen atoms in total. The number of halogens is 5. The van der Waals surface area contributed by atoms with E-state index in [1.165, 1.54) is 12.1 Å². The Bertz CT molecular complexity index is 724. The van der Waals surface area contributed by atoms with E-state index in [0.717, 1.165) is 18.2 Å². The molecule has 0 fully saturated rings. The minimum atomic E-state index is -4.49. The molecule has 2 aromatic rings. The summed E-state index contributed by atoms with van der Waals surface area (Å²) in [5, 5.41) is 11.6. The Morgan fingerprint density at radius 2 is 1.86 bits per heavy atom. The molecule has 0 saturated heterocycles. The van der Waals surface area contributed by atoms with Crippen molar-refractivity contribution < 1.29 is 13.2 Å². The molecule has 108 valence electrons. The van der Waals surface area contributed by atoms with Crippen molar-refractivity contribution in [1.82, 2.24) is 4.98 Å². The first-order valence-electron chi connectivity index (χ1n) is 5.51. The lowest BCUT2D eigenvalue weighted by Gasteiger charge is -2.12. The zero-order valence-corrected chi connectivity index (χ0v) is 11.7. The molecule has 8 heteroatoms. The molecule has 1 N–H and O–H groups in total. The Morgan fingerprint density at radius 1 is 1.14 bits per heavy atom. The van der Waals surface area contributed by atoms with Gasteiger partial charge in [-0.2, -0.15) is 18.4 Å². The fraction of sp³-hybridized carbons (Fsp3) is 0.0769. The van der Waals surface area contributed by atoms with Crippen molar-refractivity contribution in [2.24, 2.45) is 0 Å². The number of nitrogens with one attached hydrogen (secondary N) is 1. The Labute approximate surface area is 127 Å². The summed E-state index contributed by atoms with van der Waals surface area (Å²) in [4.78, 5) is 3.87. The van der Waals surface area contributed by atoms with E-state index >= 15 is 0 Å². The van der Waals surface area contributed by atoms with Crippen LogP contribution in [0.3, 0.4) is 0 Å². The van der Waals surface area contributed by atoms with E-state index in [1.807, 2.05) is 6.07 Å². The van der Waals surface area contributed by atoms with Crippen LogP contribution in [0.4, 0.5) is 24.7 Å². The number of anilines is 2. The normalized spacial score (nSPS) is 11.0. The zero-order chi connectivity index (χ0) is 15.6. The van der Waals surface area contributed by atoms with Gasteiger partial charge in [-0.15, -0.1) is 0 Å². The fourth-order valence-electron chi connectivity index (χ4n) is 1.56. The van der Waals surface area contributed by atoms with Crippen LogP contribution in [0.1, 0.15) is 11.1 Å². The van der Waals surface area contributed by atoms with Gasteiger partial charge in [0, 0.05) is 0 Å². The van der Waals surface area contributed by atoms with Crippen molar-refractivity contribution in [2.45, 2.75) is 6.18 Å². The summed E-state index contributed by atoms with van der Waals surface area (Å²) in [6.07, 6.45) is -4.49. The lowest BCUT2D eigenvalue weighted by Crippen LogP contribution is -2.06. The number of nitriles is 1. The van der Waals surface area contributed by atoms with Gasteiger partial charge >= 0.3 is 6.18 Å². The summed E-state index contributed by atoms with van der Waals surface area (Å²) in [5.74, 6) is 0.125. The van der Waals surface area contributed by atoms with E-state index < -0.39 is 11.7 Å². The summed E-state index contributed by atoms with van der Waals surface area (Å²) < 4.78 is 38.0. The molecule has 1 heterocycles. The summed E-state index contributed by atoms with van der Waals surface area (Å²) in [5.41, 5.74) is -0.609. The number of benzene rings is 1. The van der Waals surface area contributed by atoms with Gasteiger partial charge in [0.15, 0.2) is 0 Å². The van der Waals surface area contributed by atoms with E-state index in [-0.39, 0.29) is 27.2 Å². The maximum Gasteiger partial charge on any atom is 0.416 e. The molecular formula is C13H6Cl2F3N3. The second kappa shape index (κ2) is 5.80. The van der Waals surface area contributed by atoms with Crippen LogP contribution in [0, 0.1) is 11.3 Å². The number of pyridine rings is 1. The highest BCUT2D eigenvalue weighted by Gasteiger charge is 2.31. The SMILES string of the molecule is N#Cc1cc(Cl)nc(Nc2cc(C(F)(F)F)ccc2Cl)c1. The number of hydrogen-bond donors (Lipinski definition) is 1. The third-order valence-electron chi connectivity index (χ3n) is 2.48. The van der Waals surface area contributed by atoms with Crippen molar-refractivity contribution >= 4 is 34.7 Å². The van der Waals surface area contributed by atoms with Crippen LogP contribution in [0.15, 0.2) is 30.3 Å². The second-order valence-corrected chi connectivity index (χ2v) is 4.79. The van der Waals surface area contributed by atoms with Gasteiger partial charge in [-0.1, -0.05) is 23.2 Å². The molecular weight excluding hydrogens is 326 g/mol. The number of alkyl halides is 3. The van der Waals surface area contributed by atoms with Gasteiger partial charge in [-0.3, -0.25) is 0 Å². The van der Waals surface area contributed by atoms with Crippen LogP contribution in [0.25, 0.3) is 0 Å². The van der Waals surface area contributed by atoms with Gasteiger partial charge in [0.25, 0.3) is 0 Å². The molecule has 0 aliphatic heterocycles. The molecule has 0 saturated carbocycles. The van der Waals surface area contributed by atoms with Gasteiger partial charge in [-0.25, -0.2) is 4.98 Å². The molecule has 21 heavy (non-hydrogen) atoms. The van der Waals surface area contributed by atoms with Gasteiger partial charge < -0.3 is 5.32 Å². The molecule has 0 atom stereocenters. The third-order valence-corrected chi connectivity index (χ3v) is 3.00. The molecule has 0 aliphatic rings. The first-order valence-corrected chi connectivity index (χ1v) is 6.26. The molecule has 1 aromatic carbocycles. The molecule has 0 unspecified atom stereocenters. The average Bonchev–Trinajstić information content (AvgIpc) is 2.39. The molecule has 2 rings (SSSR count). The molecule has 0 radical (unpaired) electrons. The average molecular weight is 332 g/mol. The lowest BCUT2D eigenvalue weighted by atomic mass is 10.2. The topological polar surface area (TPSA) is 48.7 Å². The van der Waals surface area contributed by atoms with Crippen LogP contribution in [-0.2, 0) is 6.18 Å². The Morgan fingerprint density at radius 3 is 2.48 bits per heavy atom. The van der Waals surface area contributed by atoms with Crippen molar-refractivity contribution in [1.29, 1.82) is 5.26 Å². The number of hydrogen-bond acceptors (Lipinski definition) is 3. The van der Waals surface area contributed by atoms with Crippen molar-refractivity contribution in [2.75, 3.05) is 5.32 Å². The summed E-state index contributed by atoms with van der Waals surface area (Å²) in [7, 11) is 0. The Kier molecular flexibility index (Phi) is 4.26. The van der Waals surface area contributed by atoms with E-state index in [9.17, 15) is 13.2 Å². The number of aromatic nitrogens is 1. The first kappa shape index (κ1) is 15.4. The van der Waals surface area contributed by atoms with Crippen molar-refractivity contribution in [3.63, 3.8) is 0 Å².